The molecular weight excluding hydrogens is 192 g/mol. The van der Waals surface area contributed by atoms with E-state index in [1.807, 2.05) is 0 Å². The summed E-state index contributed by atoms with van der Waals surface area (Å²) in [6, 6.07) is 21.2. The summed E-state index contributed by atoms with van der Waals surface area (Å²) in [4.78, 5) is 0. The zero-order valence-corrected chi connectivity index (χ0v) is 9.69. The summed E-state index contributed by atoms with van der Waals surface area (Å²) in [5, 5.41) is 0. The lowest BCUT2D eigenvalue weighted by molar-refractivity contribution is 0.578. The fourth-order valence-electron chi connectivity index (χ4n) is 2.07. The average Bonchev–Trinajstić information content (AvgIpc) is 2.40. The first-order chi connectivity index (χ1) is 7.77. The molecule has 0 aliphatic carbocycles. The van der Waals surface area contributed by atoms with Gasteiger partial charge in [0.1, 0.15) is 0 Å². The molecule has 0 N–H and O–H groups in total. The van der Waals surface area contributed by atoms with Crippen molar-refractivity contribution in [1.82, 2.24) is 0 Å². The van der Waals surface area contributed by atoms with Gasteiger partial charge in [0.15, 0.2) is 0 Å². The molecule has 16 heavy (non-hydrogen) atoms. The van der Waals surface area contributed by atoms with E-state index in [2.05, 4.69) is 74.5 Å². The van der Waals surface area contributed by atoms with Crippen LogP contribution < -0.4 is 0 Å². The minimum atomic E-state index is 0.0164. The Balaban J connectivity index is 2.49. The lowest BCUT2D eigenvalue weighted by atomic mass is 9.74. The van der Waals surface area contributed by atoms with Gasteiger partial charge in [-0.15, -0.1) is 0 Å². The Morgan fingerprint density at radius 2 is 1.19 bits per heavy atom. The molecule has 0 aliphatic heterocycles. The second kappa shape index (κ2) is 4.52. The third kappa shape index (κ3) is 1.88. The molecule has 81 valence electrons. The van der Waals surface area contributed by atoms with Crippen molar-refractivity contribution >= 4 is 0 Å². The van der Waals surface area contributed by atoms with E-state index in [-0.39, 0.29) is 5.41 Å². The van der Waals surface area contributed by atoms with Gasteiger partial charge in [-0.05, 0) is 17.5 Å². The molecule has 0 amide bonds. The maximum atomic E-state index is 4.11. The standard InChI is InChI=1S/C16H17/c1-3-16(2,14-10-6-4-7-11-14)15-12-8-5-9-13-15/h4-13H,1,3H2,2H3. The third-order valence-corrected chi connectivity index (χ3v) is 3.32. The minimum Gasteiger partial charge on any atom is -0.0622 e. The summed E-state index contributed by atoms with van der Waals surface area (Å²) >= 11 is 0. The van der Waals surface area contributed by atoms with Crippen LogP contribution in [0.2, 0.25) is 0 Å². The molecule has 0 heterocycles. The third-order valence-electron chi connectivity index (χ3n) is 3.32. The molecule has 0 aromatic heterocycles. The zero-order chi connectivity index (χ0) is 11.4. The van der Waals surface area contributed by atoms with Gasteiger partial charge in [0.05, 0.1) is 0 Å². The van der Waals surface area contributed by atoms with Gasteiger partial charge in [0.25, 0.3) is 0 Å². The van der Waals surface area contributed by atoms with E-state index in [4.69, 9.17) is 0 Å². The van der Waals surface area contributed by atoms with Crippen molar-refractivity contribution in [2.24, 2.45) is 0 Å². The normalized spacial score (nSPS) is 11.4. The first-order valence-corrected chi connectivity index (χ1v) is 5.67. The minimum absolute atomic E-state index is 0.0164. The summed E-state index contributed by atoms with van der Waals surface area (Å²) in [5.41, 5.74) is 2.68. The van der Waals surface area contributed by atoms with E-state index < -0.39 is 0 Å². The number of benzene rings is 2. The average molecular weight is 209 g/mol. The summed E-state index contributed by atoms with van der Waals surface area (Å²) in [6.07, 6.45) is 0.862. The van der Waals surface area contributed by atoms with Crippen LogP contribution in [0.1, 0.15) is 24.5 Å². The van der Waals surface area contributed by atoms with Crippen LogP contribution in [-0.4, -0.2) is 0 Å². The Bertz CT molecular complexity index is 389. The van der Waals surface area contributed by atoms with Crippen LogP contribution in [-0.2, 0) is 5.41 Å². The van der Waals surface area contributed by atoms with Gasteiger partial charge in [-0.3, -0.25) is 0 Å². The van der Waals surface area contributed by atoms with Crippen LogP contribution in [0.5, 0.6) is 0 Å². The molecule has 2 aromatic rings. The molecule has 0 atom stereocenters. The lowest BCUT2D eigenvalue weighted by Gasteiger charge is -2.29. The second-order valence-electron chi connectivity index (χ2n) is 4.31. The molecule has 0 heteroatoms. The fourth-order valence-corrected chi connectivity index (χ4v) is 2.07. The van der Waals surface area contributed by atoms with Crippen LogP contribution in [0.3, 0.4) is 0 Å². The second-order valence-corrected chi connectivity index (χ2v) is 4.31. The Hall–Kier alpha value is -1.56. The molecule has 0 saturated carbocycles. The highest BCUT2D eigenvalue weighted by atomic mass is 14.3. The molecule has 0 fully saturated rings. The first kappa shape index (κ1) is 10.9. The fraction of sp³-hybridized carbons (Fsp3) is 0.188. The highest BCUT2D eigenvalue weighted by Crippen LogP contribution is 2.34. The van der Waals surface area contributed by atoms with Crippen molar-refractivity contribution in [2.75, 3.05) is 0 Å². The van der Waals surface area contributed by atoms with Crippen LogP contribution in [0, 0.1) is 6.92 Å². The summed E-state index contributed by atoms with van der Waals surface area (Å²) in [7, 11) is 0. The summed E-state index contributed by atoms with van der Waals surface area (Å²) in [6.45, 7) is 6.37. The van der Waals surface area contributed by atoms with Gasteiger partial charge < -0.3 is 0 Å². The van der Waals surface area contributed by atoms with Gasteiger partial charge in [0, 0.05) is 5.41 Å². The van der Waals surface area contributed by atoms with Gasteiger partial charge in [-0.1, -0.05) is 74.5 Å². The van der Waals surface area contributed by atoms with Gasteiger partial charge >= 0.3 is 0 Å². The first-order valence-electron chi connectivity index (χ1n) is 5.67. The quantitative estimate of drug-likeness (QED) is 0.710. The predicted octanol–water partition coefficient (Wildman–Crippen LogP) is 4.22. The highest BCUT2D eigenvalue weighted by Gasteiger charge is 2.25. The summed E-state index contributed by atoms with van der Waals surface area (Å²) in [5.74, 6) is 0. The highest BCUT2D eigenvalue weighted by molar-refractivity contribution is 5.38. The van der Waals surface area contributed by atoms with Crippen LogP contribution in [0.25, 0.3) is 0 Å². The van der Waals surface area contributed by atoms with Crippen molar-refractivity contribution in [3.05, 3.63) is 78.7 Å². The Morgan fingerprint density at radius 3 is 1.50 bits per heavy atom. The van der Waals surface area contributed by atoms with E-state index in [1.54, 1.807) is 0 Å². The molecular formula is C16H17. The number of hydrogen-bond acceptors (Lipinski definition) is 0. The van der Waals surface area contributed by atoms with Crippen molar-refractivity contribution in [3.8, 4) is 0 Å². The molecule has 0 saturated heterocycles. The topological polar surface area (TPSA) is 0 Å². The van der Waals surface area contributed by atoms with E-state index >= 15 is 0 Å². The van der Waals surface area contributed by atoms with Gasteiger partial charge in [-0.2, -0.15) is 0 Å². The zero-order valence-electron chi connectivity index (χ0n) is 9.69. The van der Waals surface area contributed by atoms with Gasteiger partial charge in [0.2, 0.25) is 0 Å². The molecule has 0 unspecified atom stereocenters. The van der Waals surface area contributed by atoms with E-state index in [0.717, 1.165) is 6.42 Å². The maximum Gasteiger partial charge on any atom is 0.0174 e. The smallest absolute Gasteiger partial charge is 0.0174 e. The van der Waals surface area contributed by atoms with Crippen LogP contribution in [0.4, 0.5) is 0 Å². The van der Waals surface area contributed by atoms with E-state index in [0.29, 0.717) is 0 Å². The molecule has 0 spiro atoms. The Kier molecular flexibility index (Phi) is 3.09. The van der Waals surface area contributed by atoms with Crippen LogP contribution in [0.15, 0.2) is 60.7 Å². The monoisotopic (exact) mass is 209 g/mol. The lowest BCUT2D eigenvalue weighted by Crippen LogP contribution is -2.22. The van der Waals surface area contributed by atoms with Crippen molar-refractivity contribution in [2.45, 2.75) is 18.8 Å². The van der Waals surface area contributed by atoms with Crippen molar-refractivity contribution < 1.29 is 0 Å². The molecule has 2 aromatic carbocycles. The summed E-state index contributed by atoms with van der Waals surface area (Å²) < 4.78 is 0. The molecule has 2 rings (SSSR count). The van der Waals surface area contributed by atoms with E-state index in [1.165, 1.54) is 11.1 Å². The Morgan fingerprint density at radius 1 is 0.812 bits per heavy atom. The number of hydrogen-bond donors (Lipinski definition) is 0. The van der Waals surface area contributed by atoms with E-state index in [9.17, 15) is 0 Å². The SMILES string of the molecule is [CH2]CC(C)(c1ccccc1)c1ccccc1. The molecule has 1 radical (unpaired) electrons. The molecule has 0 nitrogen and oxygen atoms in total. The van der Waals surface area contributed by atoms with Crippen molar-refractivity contribution in [1.29, 1.82) is 0 Å². The van der Waals surface area contributed by atoms with Crippen molar-refractivity contribution in [3.63, 3.8) is 0 Å². The largest absolute Gasteiger partial charge is 0.0622 e. The Labute approximate surface area is 97.9 Å². The van der Waals surface area contributed by atoms with Crippen LogP contribution >= 0.6 is 0 Å². The maximum absolute atomic E-state index is 4.11. The predicted molar refractivity (Wildman–Crippen MR) is 69.3 cm³/mol. The van der Waals surface area contributed by atoms with Gasteiger partial charge in [-0.25, -0.2) is 0 Å². The molecule has 0 aliphatic rings. The number of rotatable bonds is 3. The molecule has 0 bridgehead atoms.